The number of rotatable bonds is 7. The number of aryl methyl sites for hydroxylation is 1. The van der Waals surface area contributed by atoms with E-state index in [0.29, 0.717) is 24.4 Å². The molecule has 2 aromatic rings. The number of carbonyl (C=O) groups excluding carboxylic acids is 2. The van der Waals surface area contributed by atoms with Crippen LogP contribution in [0.1, 0.15) is 28.5 Å². The molecule has 0 spiro atoms. The Morgan fingerprint density at radius 2 is 1.96 bits per heavy atom. The standard InChI is InChI=1S/C18H24N4O3/c1-5-25-18(24)14-6-8-16(9-7-14)20-17(23)12-21(3)11-15-10-19-22(4)13(15)2/h6-10H,5,11-12H2,1-4H3,(H,20,23). The van der Waals surface area contributed by atoms with Gasteiger partial charge in [-0.25, -0.2) is 4.79 Å². The van der Waals surface area contributed by atoms with E-state index in [1.165, 1.54) is 0 Å². The van der Waals surface area contributed by atoms with Crippen LogP contribution in [0, 0.1) is 6.92 Å². The third-order valence-corrected chi connectivity index (χ3v) is 3.87. The fourth-order valence-electron chi connectivity index (χ4n) is 2.40. The Bertz CT molecular complexity index is 737. The molecule has 1 aromatic heterocycles. The second kappa shape index (κ2) is 8.43. The highest BCUT2D eigenvalue weighted by Gasteiger charge is 2.11. The molecule has 1 amide bonds. The molecule has 0 fully saturated rings. The molecule has 0 bridgehead atoms. The largest absolute Gasteiger partial charge is 0.462 e. The van der Waals surface area contributed by atoms with E-state index >= 15 is 0 Å². The summed E-state index contributed by atoms with van der Waals surface area (Å²) in [5.74, 6) is -0.486. The Kier molecular flexibility index (Phi) is 6.30. The fourth-order valence-corrected chi connectivity index (χ4v) is 2.40. The van der Waals surface area contributed by atoms with Gasteiger partial charge in [0.1, 0.15) is 0 Å². The topological polar surface area (TPSA) is 76.5 Å². The van der Waals surface area contributed by atoms with Gasteiger partial charge in [0.05, 0.1) is 24.9 Å². The van der Waals surface area contributed by atoms with Crippen molar-refractivity contribution in [1.82, 2.24) is 14.7 Å². The second-order valence-corrected chi connectivity index (χ2v) is 5.90. The molecule has 7 nitrogen and oxygen atoms in total. The molecule has 134 valence electrons. The molecular formula is C18H24N4O3. The van der Waals surface area contributed by atoms with Crippen LogP contribution in [0.4, 0.5) is 5.69 Å². The number of carbonyl (C=O) groups is 2. The van der Waals surface area contributed by atoms with E-state index in [9.17, 15) is 9.59 Å². The number of nitrogens with one attached hydrogen (secondary N) is 1. The molecule has 0 unspecified atom stereocenters. The summed E-state index contributed by atoms with van der Waals surface area (Å²) in [5, 5.41) is 7.03. The van der Waals surface area contributed by atoms with Gasteiger partial charge in [-0.15, -0.1) is 0 Å². The summed E-state index contributed by atoms with van der Waals surface area (Å²) in [7, 11) is 3.78. The first-order valence-electron chi connectivity index (χ1n) is 8.13. The van der Waals surface area contributed by atoms with Crippen molar-refractivity contribution in [2.45, 2.75) is 20.4 Å². The quantitative estimate of drug-likeness (QED) is 0.777. The van der Waals surface area contributed by atoms with E-state index in [-0.39, 0.29) is 18.4 Å². The van der Waals surface area contributed by atoms with E-state index in [0.717, 1.165) is 11.3 Å². The van der Waals surface area contributed by atoms with Crippen molar-refractivity contribution in [3.63, 3.8) is 0 Å². The van der Waals surface area contributed by atoms with Crippen LogP contribution >= 0.6 is 0 Å². The maximum atomic E-state index is 12.2. The minimum Gasteiger partial charge on any atom is -0.462 e. The maximum Gasteiger partial charge on any atom is 0.338 e. The smallest absolute Gasteiger partial charge is 0.338 e. The minimum atomic E-state index is -0.369. The van der Waals surface area contributed by atoms with E-state index in [4.69, 9.17) is 4.74 Å². The lowest BCUT2D eigenvalue weighted by atomic mass is 10.2. The van der Waals surface area contributed by atoms with Crippen LogP contribution < -0.4 is 5.32 Å². The molecule has 0 aliphatic heterocycles. The number of hydrogen-bond donors (Lipinski definition) is 1. The van der Waals surface area contributed by atoms with Gasteiger partial charge in [-0.05, 0) is 45.2 Å². The summed E-state index contributed by atoms with van der Waals surface area (Å²) in [6.07, 6.45) is 1.82. The van der Waals surface area contributed by atoms with Gasteiger partial charge < -0.3 is 10.1 Å². The van der Waals surface area contributed by atoms with Crippen LogP contribution in [0.5, 0.6) is 0 Å². The second-order valence-electron chi connectivity index (χ2n) is 5.90. The average Bonchev–Trinajstić information content (AvgIpc) is 2.87. The third-order valence-electron chi connectivity index (χ3n) is 3.87. The first kappa shape index (κ1) is 18.7. The van der Waals surface area contributed by atoms with Crippen LogP contribution in [0.15, 0.2) is 30.5 Å². The van der Waals surface area contributed by atoms with Crippen LogP contribution in [-0.2, 0) is 23.1 Å². The predicted octanol–water partition coefficient (Wildman–Crippen LogP) is 1.98. The lowest BCUT2D eigenvalue weighted by molar-refractivity contribution is -0.117. The van der Waals surface area contributed by atoms with Crippen LogP contribution in [0.3, 0.4) is 0 Å². The van der Waals surface area contributed by atoms with E-state index in [1.807, 2.05) is 36.8 Å². The highest BCUT2D eigenvalue weighted by atomic mass is 16.5. The van der Waals surface area contributed by atoms with Gasteiger partial charge in [-0.2, -0.15) is 5.10 Å². The van der Waals surface area contributed by atoms with E-state index in [2.05, 4.69) is 10.4 Å². The molecule has 25 heavy (non-hydrogen) atoms. The first-order chi connectivity index (χ1) is 11.9. The Labute approximate surface area is 147 Å². The van der Waals surface area contributed by atoms with Crippen LogP contribution in [0.25, 0.3) is 0 Å². The van der Waals surface area contributed by atoms with Crippen molar-refractivity contribution in [2.24, 2.45) is 7.05 Å². The minimum absolute atomic E-state index is 0.118. The number of hydrogen-bond acceptors (Lipinski definition) is 5. The molecule has 0 saturated carbocycles. The number of anilines is 1. The third kappa shape index (κ3) is 5.15. The van der Waals surface area contributed by atoms with Gasteiger partial charge >= 0.3 is 5.97 Å². The van der Waals surface area contributed by atoms with Crippen molar-refractivity contribution in [3.05, 3.63) is 47.3 Å². The SMILES string of the molecule is CCOC(=O)c1ccc(NC(=O)CN(C)Cc2cnn(C)c2C)cc1. The summed E-state index contributed by atoms with van der Waals surface area (Å²) >= 11 is 0. The zero-order valence-electron chi connectivity index (χ0n) is 15.1. The van der Waals surface area contributed by atoms with Crippen molar-refractivity contribution in [1.29, 1.82) is 0 Å². The summed E-state index contributed by atoms with van der Waals surface area (Å²) in [5.41, 5.74) is 3.28. The number of benzene rings is 1. The van der Waals surface area contributed by atoms with Crippen LogP contribution in [0.2, 0.25) is 0 Å². The molecule has 0 radical (unpaired) electrons. The molecule has 0 saturated heterocycles. The fraction of sp³-hybridized carbons (Fsp3) is 0.389. The van der Waals surface area contributed by atoms with Crippen molar-refractivity contribution in [2.75, 3.05) is 25.5 Å². The summed E-state index contributed by atoms with van der Waals surface area (Å²) in [6, 6.07) is 6.65. The lowest BCUT2D eigenvalue weighted by Gasteiger charge is -2.16. The molecule has 0 atom stereocenters. The summed E-state index contributed by atoms with van der Waals surface area (Å²) in [4.78, 5) is 25.7. The van der Waals surface area contributed by atoms with Gasteiger partial charge in [-0.3, -0.25) is 14.4 Å². The predicted molar refractivity (Wildman–Crippen MR) is 95.3 cm³/mol. The highest BCUT2D eigenvalue weighted by molar-refractivity contribution is 5.94. The van der Waals surface area contributed by atoms with Crippen molar-refractivity contribution >= 4 is 17.6 Å². The van der Waals surface area contributed by atoms with E-state index < -0.39 is 0 Å². The molecule has 2 rings (SSSR count). The monoisotopic (exact) mass is 344 g/mol. The molecule has 1 N–H and O–H groups in total. The molecular weight excluding hydrogens is 320 g/mol. The molecule has 7 heteroatoms. The zero-order chi connectivity index (χ0) is 18.4. The normalized spacial score (nSPS) is 10.8. The number of aromatic nitrogens is 2. The Balaban J connectivity index is 1.87. The number of esters is 1. The van der Waals surface area contributed by atoms with E-state index in [1.54, 1.807) is 31.2 Å². The number of ether oxygens (including phenoxy) is 1. The lowest BCUT2D eigenvalue weighted by Crippen LogP contribution is -2.30. The molecule has 1 heterocycles. The number of amides is 1. The zero-order valence-corrected chi connectivity index (χ0v) is 15.1. The molecule has 1 aromatic carbocycles. The van der Waals surface area contributed by atoms with Gasteiger partial charge in [0.25, 0.3) is 0 Å². The Hall–Kier alpha value is -2.67. The van der Waals surface area contributed by atoms with Crippen LogP contribution in [-0.4, -0.2) is 46.8 Å². The highest BCUT2D eigenvalue weighted by Crippen LogP contribution is 2.12. The van der Waals surface area contributed by atoms with Gasteiger partial charge in [0, 0.05) is 30.5 Å². The number of likely N-dealkylation sites (N-methyl/N-ethyl adjacent to an activating group) is 1. The summed E-state index contributed by atoms with van der Waals surface area (Å²) < 4.78 is 6.74. The summed E-state index contributed by atoms with van der Waals surface area (Å²) in [6.45, 7) is 5.00. The number of nitrogens with zero attached hydrogens (tertiary/aromatic N) is 3. The van der Waals surface area contributed by atoms with Crippen molar-refractivity contribution < 1.29 is 14.3 Å². The van der Waals surface area contributed by atoms with Crippen molar-refractivity contribution in [3.8, 4) is 0 Å². The maximum absolute atomic E-state index is 12.2. The Morgan fingerprint density at radius 3 is 2.52 bits per heavy atom. The van der Waals surface area contributed by atoms with Gasteiger partial charge in [0.2, 0.25) is 5.91 Å². The average molecular weight is 344 g/mol. The van der Waals surface area contributed by atoms with Gasteiger partial charge in [-0.1, -0.05) is 0 Å². The molecule has 0 aliphatic carbocycles. The molecule has 0 aliphatic rings. The first-order valence-corrected chi connectivity index (χ1v) is 8.13. The Morgan fingerprint density at radius 1 is 1.28 bits per heavy atom. The van der Waals surface area contributed by atoms with Gasteiger partial charge in [0.15, 0.2) is 0 Å².